The Balaban J connectivity index is 1.33. The summed E-state index contributed by atoms with van der Waals surface area (Å²) in [6, 6.07) is 6.99. The summed E-state index contributed by atoms with van der Waals surface area (Å²) in [6.45, 7) is 3.95. The molecule has 0 aromatic heterocycles. The number of carbonyl (C=O) groups is 2. The van der Waals surface area contributed by atoms with Crippen molar-refractivity contribution in [2.24, 2.45) is 17.8 Å². The molecule has 2 amide bonds. The molecule has 34 heavy (non-hydrogen) atoms. The molecule has 1 aromatic rings. The van der Waals surface area contributed by atoms with Gasteiger partial charge in [-0.25, -0.2) is 9.59 Å². The molecule has 4 fully saturated rings. The largest absolute Gasteiger partial charge is 0.463 e. The molecule has 1 unspecified atom stereocenters. The van der Waals surface area contributed by atoms with Crippen molar-refractivity contribution in [1.29, 1.82) is 0 Å². The highest BCUT2D eigenvalue weighted by Crippen LogP contribution is 2.55. The van der Waals surface area contributed by atoms with Crippen LogP contribution in [-0.4, -0.2) is 41.2 Å². The molecule has 0 spiro atoms. The Hall–Kier alpha value is -2.61. The molecule has 3 N–H and O–H groups in total. The number of amides is 2. The van der Waals surface area contributed by atoms with Crippen LogP contribution < -0.4 is 16.0 Å². The van der Waals surface area contributed by atoms with E-state index in [-0.39, 0.29) is 17.5 Å². The van der Waals surface area contributed by atoms with Crippen molar-refractivity contribution in [2.75, 3.05) is 19.0 Å². The fraction of sp³-hybridized carbons (Fsp3) is 0.577. The zero-order valence-corrected chi connectivity index (χ0v) is 21.0. The fourth-order valence-electron chi connectivity index (χ4n) is 7.02. The summed E-state index contributed by atoms with van der Waals surface area (Å²) in [5.41, 5.74) is 2.76. The lowest BCUT2D eigenvalue weighted by Crippen LogP contribution is -2.60. The number of benzene rings is 1. The Morgan fingerprint density at radius 2 is 1.82 bits per heavy atom. The van der Waals surface area contributed by atoms with E-state index in [0.29, 0.717) is 23.0 Å². The lowest BCUT2D eigenvalue weighted by Gasteiger charge is -2.56. The topological polar surface area (TPSA) is 82.7 Å². The smallest absolute Gasteiger partial charge is 0.338 e. The van der Waals surface area contributed by atoms with Crippen LogP contribution in [0.25, 0.3) is 0 Å². The number of hydrogen-bond donors (Lipinski definition) is 3. The molecule has 1 aromatic carbocycles. The van der Waals surface area contributed by atoms with Gasteiger partial charge >= 0.3 is 12.0 Å². The van der Waals surface area contributed by atoms with E-state index in [4.69, 9.17) is 17.0 Å². The second kappa shape index (κ2) is 8.87. The van der Waals surface area contributed by atoms with Gasteiger partial charge in [-0.15, -0.1) is 0 Å². The standard InChI is InChI=1S/C26H34N4O3S/c1-4-33-23(31)21-15(2)30(3)25(34)28-22(21)19-6-5-7-20(11-19)27-24(32)29-26-12-16-8-17(13-26)10-18(9-16)14-26/h5-7,11,16-18,22H,4,8-10,12-14H2,1-3H3,(H,28,34)(H2,27,29,32). The number of rotatable bonds is 5. The van der Waals surface area contributed by atoms with Gasteiger partial charge in [0, 0.05) is 24.0 Å². The molecule has 5 aliphatic rings. The molecule has 182 valence electrons. The Labute approximate surface area is 206 Å². The molecule has 1 heterocycles. The molecule has 1 aliphatic heterocycles. The summed E-state index contributed by atoms with van der Waals surface area (Å²) in [5, 5.41) is 10.2. The highest BCUT2D eigenvalue weighted by molar-refractivity contribution is 7.80. The first kappa shape index (κ1) is 23.1. The van der Waals surface area contributed by atoms with E-state index in [2.05, 4.69) is 16.0 Å². The predicted octanol–water partition coefficient (Wildman–Crippen LogP) is 4.48. The van der Waals surface area contributed by atoms with Crippen molar-refractivity contribution in [3.05, 3.63) is 41.1 Å². The van der Waals surface area contributed by atoms with E-state index in [0.717, 1.165) is 48.3 Å². The first-order valence-electron chi connectivity index (χ1n) is 12.4. The molecule has 0 radical (unpaired) electrons. The van der Waals surface area contributed by atoms with E-state index in [1.165, 1.54) is 19.3 Å². The first-order valence-corrected chi connectivity index (χ1v) is 12.8. The molecule has 1 atom stereocenters. The van der Waals surface area contributed by atoms with Gasteiger partial charge in [-0.05, 0) is 100 Å². The third-order valence-electron chi connectivity index (χ3n) is 8.14. The molecule has 0 saturated heterocycles. The van der Waals surface area contributed by atoms with Crippen molar-refractivity contribution in [2.45, 2.75) is 64.0 Å². The molecule has 8 heteroatoms. The van der Waals surface area contributed by atoms with Gasteiger partial charge in [0.25, 0.3) is 0 Å². The van der Waals surface area contributed by atoms with Crippen molar-refractivity contribution >= 4 is 35.0 Å². The van der Waals surface area contributed by atoms with E-state index >= 15 is 0 Å². The van der Waals surface area contributed by atoms with Gasteiger partial charge in [0.1, 0.15) is 0 Å². The number of urea groups is 1. The van der Waals surface area contributed by atoms with Crippen LogP contribution in [0.3, 0.4) is 0 Å². The summed E-state index contributed by atoms with van der Waals surface area (Å²) in [4.78, 5) is 27.6. The number of nitrogens with one attached hydrogen (secondary N) is 3. The van der Waals surface area contributed by atoms with E-state index in [1.807, 2.05) is 38.2 Å². The minimum Gasteiger partial charge on any atom is -0.463 e. The second-order valence-electron chi connectivity index (χ2n) is 10.6. The molecule has 4 aliphatic carbocycles. The van der Waals surface area contributed by atoms with Crippen LogP contribution in [-0.2, 0) is 9.53 Å². The van der Waals surface area contributed by atoms with Gasteiger partial charge in [-0.2, -0.15) is 0 Å². The summed E-state index contributed by atoms with van der Waals surface area (Å²) >= 11 is 5.48. The van der Waals surface area contributed by atoms with Crippen molar-refractivity contribution < 1.29 is 14.3 Å². The van der Waals surface area contributed by atoms with Gasteiger partial charge in [-0.1, -0.05) is 12.1 Å². The number of hydrogen-bond acceptors (Lipinski definition) is 4. The van der Waals surface area contributed by atoms with Crippen LogP contribution in [0, 0.1) is 17.8 Å². The van der Waals surface area contributed by atoms with Gasteiger partial charge < -0.3 is 25.6 Å². The number of anilines is 1. The number of thiocarbonyl (C=S) groups is 1. The van der Waals surface area contributed by atoms with Crippen LogP contribution in [0.15, 0.2) is 35.5 Å². The lowest BCUT2D eigenvalue weighted by atomic mass is 9.53. The Morgan fingerprint density at radius 1 is 1.18 bits per heavy atom. The average Bonchev–Trinajstić information content (AvgIpc) is 2.76. The Kier molecular flexibility index (Phi) is 6.04. The SMILES string of the molecule is CCOC(=O)C1=C(C)N(C)C(=S)NC1c1cccc(NC(=O)NC23CC4CC(CC(C4)C2)C3)c1. The summed E-state index contributed by atoms with van der Waals surface area (Å²) in [7, 11) is 1.83. The molecular weight excluding hydrogens is 448 g/mol. The Bertz CT molecular complexity index is 1020. The number of nitrogens with zero attached hydrogens (tertiary/aromatic N) is 1. The van der Waals surface area contributed by atoms with Crippen molar-refractivity contribution in [1.82, 2.24) is 15.5 Å². The molecular formula is C26H34N4O3S. The third-order valence-corrected chi connectivity index (χ3v) is 8.54. The average molecular weight is 483 g/mol. The number of allylic oxidation sites excluding steroid dienone is 1. The van der Waals surface area contributed by atoms with Crippen molar-refractivity contribution in [3.63, 3.8) is 0 Å². The maximum Gasteiger partial charge on any atom is 0.338 e. The van der Waals surface area contributed by atoms with Gasteiger partial charge in [0.2, 0.25) is 0 Å². The van der Waals surface area contributed by atoms with Crippen LogP contribution in [0.4, 0.5) is 10.5 Å². The highest BCUT2D eigenvalue weighted by atomic mass is 32.1. The zero-order chi connectivity index (χ0) is 24.0. The monoisotopic (exact) mass is 482 g/mol. The summed E-state index contributed by atoms with van der Waals surface area (Å²) < 4.78 is 5.33. The van der Waals surface area contributed by atoms with E-state index < -0.39 is 6.04 Å². The molecule has 4 bridgehead atoms. The summed E-state index contributed by atoms with van der Waals surface area (Å²) in [5.74, 6) is 1.94. The third kappa shape index (κ3) is 4.28. The molecule has 7 nitrogen and oxygen atoms in total. The van der Waals surface area contributed by atoms with Gasteiger partial charge in [0.05, 0.1) is 18.2 Å². The first-order chi connectivity index (χ1) is 16.3. The number of esters is 1. The van der Waals surface area contributed by atoms with Gasteiger partial charge in [0.15, 0.2) is 5.11 Å². The normalized spacial score (nSPS) is 31.9. The quantitative estimate of drug-likeness (QED) is 0.424. The number of carbonyl (C=O) groups excluding carboxylic acids is 2. The van der Waals surface area contributed by atoms with Crippen LogP contribution >= 0.6 is 12.2 Å². The lowest BCUT2D eigenvalue weighted by molar-refractivity contribution is -0.139. The van der Waals surface area contributed by atoms with Crippen LogP contribution in [0.1, 0.15) is 64.0 Å². The molecule has 6 rings (SSSR count). The number of ether oxygens (including phenoxy) is 1. The van der Waals surface area contributed by atoms with Crippen LogP contribution in [0.5, 0.6) is 0 Å². The summed E-state index contributed by atoms with van der Waals surface area (Å²) in [6.07, 6.45) is 7.34. The zero-order valence-electron chi connectivity index (χ0n) is 20.1. The fourth-order valence-corrected chi connectivity index (χ4v) is 7.28. The van der Waals surface area contributed by atoms with E-state index in [9.17, 15) is 9.59 Å². The minimum atomic E-state index is -0.448. The van der Waals surface area contributed by atoms with Gasteiger partial charge in [-0.3, -0.25) is 0 Å². The van der Waals surface area contributed by atoms with E-state index in [1.54, 1.807) is 11.8 Å². The Morgan fingerprint density at radius 3 is 2.44 bits per heavy atom. The van der Waals surface area contributed by atoms with Crippen LogP contribution in [0.2, 0.25) is 0 Å². The second-order valence-corrected chi connectivity index (χ2v) is 11.0. The maximum absolute atomic E-state index is 13.0. The highest BCUT2D eigenvalue weighted by Gasteiger charge is 2.51. The maximum atomic E-state index is 13.0. The predicted molar refractivity (Wildman–Crippen MR) is 135 cm³/mol. The minimum absolute atomic E-state index is 0.0466. The molecule has 4 saturated carbocycles. The van der Waals surface area contributed by atoms with Crippen molar-refractivity contribution in [3.8, 4) is 0 Å².